The van der Waals surface area contributed by atoms with Gasteiger partial charge in [-0.3, -0.25) is 10.1 Å². The van der Waals surface area contributed by atoms with Crippen LogP contribution in [0.1, 0.15) is 61.8 Å². The van der Waals surface area contributed by atoms with Gasteiger partial charge in [0, 0.05) is 24.6 Å². The average Bonchev–Trinajstić information content (AvgIpc) is 3.73. The molecule has 51 heavy (non-hydrogen) atoms. The molecule has 1 fully saturated rings. The summed E-state index contributed by atoms with van der Waals surface area (Å²) >= 11 is 0. The minimum atomic E-state index is -1.01. The summed E-state index contributed by atoms with van der Waals surface area (Å²) in [5.41, 5.74) is 5.88. The summed E-state index contributed by atoms with van der Waals surface area (Å²) in [5, 5.41) is 5.51. The maximum absolute atomic E-state index is 14.0. The fraction of sp³-hybridized carbons (Fsp3) is 0.317. The number of nitrogens with zero attached hydrogens (tertiary/aromatic N) is 1. The smallest absolute Gasteiger partial charge is 0.411 e. The summed E-state index contributed by atoms with van der Waals surface area (Å²) in [7, 11) is 0. The Morgan fingerprint density at radius 3 is 2.04 bits per heavy atom. The van der Waals surface area contributed by atoms with Gasteiger partial charge < -0.3 is 24.4 Å². The maximum atomic E-state index is 14.0. The van der Waals surface area contributed by atoms with E-state index >= 15 is 0 Å². The lowest BCUT2D eigenvalue weighted by Gasteiger charge is -2.29. The second-order valence-electron chi connectivity index (χ2n) is 13.8. The van der Waals surface area contributed by atoms with E-state index in [1.807, 2.05) is 54.6 Å². The number of hydrogen-bond acceptors (Lipinski definition) is 7. The zero-order valence-corrected chi connectivity index (χ0v) is 29.1. The largest absolute Gasteiger partial charge is 0.459 e. The summed E-state index contributed by atoms with van der Waals surface area (Å²) in [4.78, 5) is 54.3. The second kappa shape index (κ2) is 15.5. The summed E-state index contributed by atoms with van der Waals surface area (Å²) in [6, 6.07) is 30.8. The monoisotopic (exact) mass is 689 g/mol. The van der Waals surface area contributed by atoms with Crippen molar-refractivity contribution in [3.8, 4) is 11.1 Å². The van der Waals surface area contributed by atoms with E-state index in [9.17, 15) is 19.2 Å². The van der Waals surface area contributed by atoms with E-state index in [1.54, 1.807) is 45.0 Å². The number of ether oxygens (including phenoxy) is 3. The number of amides is 3. The zero-order valence-electron chi connectivity index (χ0n) is 29.1. The minimum absolute atomic E-state index is 0.0570. The van der Waals surface area contributed by atoms with Crippen molar-refractivity contribution >= 4 is 29.8 Å². The Bertz CT molecular complexity index is 1820. The van der Waals surface area contributed by atoms with Crippen molar-refractivity contribution in [2.24, 2.45) is 0 Å². The number of likely N-dealkylation sites (tertiary alicyclic amines) is 1. The first-order valence-electron chi connectivity index (χ1n) is 17.3. The SMILES string of the molecule is CC(C)(C)OC(=O)N[C@@H](Cc1ccc(NC(=O)OCC2c3ccccc3-c3ccccc32)cc1)C(=O)N1CCC[C@@H]1C(=O)OCc1ccccc1. The van der Waals surface area contributed by atoms with Crippen molar-refractivity contribution in [1.82, 2.24) is 10.2 Å². The molecule has 264 valence electrons. The van der Waals surface area contributed by atoms with E-state index in [1.165, 1.54) is 4.90 Å². The first kappa shape index (κ1) is 35.2. The predicted octanol–water partition coefficient (Wildman–Crippen LogP) is 7.22. The van der Waals surface area contributed by atoms with Gasteiger partial charge in [0.2, 0.25) is 5.91 Å². The first-order valence-corrected chi connectivity index (χ1v) is 17.3. The van der Waals surface area contributed by atoms with Gasteiger partial charge in [-0.05, 0) is 79.1 Å². The van der Waals surface area contributed by atoms with Gasteiger partial charge in [0.1, 0.15) is 30.9 Å². The number of carbonyl (C=O) groups is 4. The quantitative estimate of drug-likeness (QED) is 0.133. The number of fused-ring (bicyclic) bond motifs is 3. The molecular weight excluding hydrogens is 646 g/mol. The molecule has 0 radical (unpaired) electrons. The van der Waals surface area contributed by atoms with Crippen LogP contribution in [0.25, 0.3) is 11.1 Å². The molecule has 10 heteroatoms. The molecule has 1 aliphatic carbocycles. The molecule has 2 aliphatic rings. The number of rotatable bonds is 10. The van der Waals surface area contributed by atoms with Crippen LogP contribution in [0.2, 0.25) is 0 Å². The zero-order chi connectivity index (χ0) is 36.0. The summed E-state index contributed by atoms with van der Waals surface area (Å²) in [6.07, 6.45) is -0.0904. The van der Waals surface area contributed by atoms with E-state index in [2.05, 4.69) is 34.9 Å². The molecule has 1 aliphatic heterocycles. The van der Waals surface area contributed by atoms with Crippen molar-refractivity contribution < 1.29 is 33.4 Å². The van der Waals surface area contributed by atoms with Gasteiger partial charge in [0.05, 0.1) is 0 Å². The Morgan fingerprint density at radius 1 is 0.765 bits per heavy atom. The Labute approximate surface area is 298 Å². The molecule has 0 saturated carbocycles. The molecule has 6 rings (SSSR count). The van der Waals surface area contributed by atoms with Gasteiger partial charge in [-0.1, -0.05) is 91.0 Å². The molecule has 1 saturated heterocycles. The van der Waals surface area contributed by atoms with E-state index in [0.29, 0.717) is 25.1 Å². The molecule has 2 atom stereocenters. The van der Waals surface area contributed by atoms with Gasteiger partial charge in [0.15, 0.2) is 0 Å². The van der Waals surface area contributed by atoms with E-state index < -0.39 is 41.7 Å². The van der Waals surface area contributed by atoms with E-state index in [4.69, 9.17) is 14.2 Å². The highest BCUT2D eigenvalue weighted by molar-refractivity contribution is 5.90. The molecular formula is C41H43N3O7. The third-order valence-electron chi connectivity index (χ3n) is 9.00. The highest BCUT2D eigenvalue weighted by Crippen LogP contribution is 2.44. The van der Waals surface area contributed by atoms with Crippen molar-refractivity contribution in [2.45, 2.75) is 70.2 Å². The first-order chi connectivity index (χ1) is 24.6. The number of esters is 1. The molecule has 2 N–H and O–H groups in total. The van der Waals surface area contributed by atoms with Crippen molar-refractivity contribution in [2.75, 3.05) is 18.5 Å². The van der Waals surface area contributed by atoms with Crippen LogP contribution in [0.5, 0.6) is 0 Å². The summed E-state index contributed by atoms with van der Waals surface area (Å²) in [6.45, 7) is 5.88. The number of benzene rings is 4. The average molecular weight is 690 g/mol. The molecule has 3 amide bonds. The normalized spacial score (nSPS) is 15.7. The fourth-order valence-corrected chi connectivity index (χ4v) is 6.66. The van der Waals surface area contributed by atoms with Crippen molar-refractivity contribution in [3.63, 3.8) is 0 Å². The molecule has 4 aromatic rings. The van der Waals surface area contributed by atoms with E-state index in [0.717, 1.165) is 33.4 Å². The van der Waals surface area contributed by atoms with Crippen LogP contribution in [0.4, 0.5) is 15.3 Å². The van der Waals surface area contributed by atoms with Gasteiger partial charge in [-0.25, -0.2) is 14.4 Å². The highest BCUT2D eigenvalue weighted by atomic mass is 16.6. The molecule has 10 nitrogen and oxygen atoms in total. The Morgan fingerprint density at radius 2 is 1.39 bits per heavy atom. The third kappa shape index (κ3) is 8.75. The maximum Gasteiger partial charge on any atom is 0.411 e. The molecule has 0 bridgehead atoms. The van der Waals surface area contributed by atoms with E-state index in [-0.39, 0.29) is 25.6 Å². The number of anilines is 1. The van der Waals surface area contributed by atoms with Crippen LogP contribution in [0.3, 0.4) is 0 Å². The fourth-order valence-electron chi connectivity index (χ4n) is 6.66. The topological polar surface area (TPSA) is 123 Å². The number of hydrogen-bond donors (Lipinski definition) is 2. The Balaban J connectivity index is 1.09. The Kier molecular flexibility index (Phi) is 10.7. The lowest BCUT2D eigenvalue weighted by atomic mass is 9.98. The second-order valence-corrected chi connectivity index (χ2v) is 13.8. The molecule has 4 aromatic carbocycles. The lowest BCUT2D eigenvalue weighted by molar-refractivity contribution is -0.155. The summed E-state index contributed by atoms with van der Waals surface area (Å²) in [5.74, 6) is -0.941. The van der Waals surface area contributed by atoms with Crippen LogP contribution in [0, 0.1) is 0 Å². The highest BCUT2D eigenvalue weighted by Gasteiger charge is 2.39. The predicted molar refractivity (Wildman–Crippen MR) is 193 cm³/mol. The molecule has 0 spiro atoms. The third-order valence-corrected chi connectivity index (χ3v) is 9.00. The van der Waals surface area contributed by atoms with Crippen LogP contribution in [-0.2, 0) is 36.8 Å². The number of alkyl carbamates (subject to hydrolysis) is 1. The summed E-state index contributed by atoms with van der Waals surface area (Å²) < 4.78 is 16.7. The van der Waals surface area contributed by atoms with Gasteiger partial charge in [-0.15, -0.1) is 0 Å². The minimum Gasteiger partial charge on any atom is -0.459 e. The lowest BCUT2D eigenvalue weighted by Crippen LogP contribution is -2.53. The van der Waals surface area contributed by atoms with Crippen LogP contribution >= 0.6 is 0 Å². The van der Waals surface area contributed by atoms with Gasteiger partial charge in [-0.2, -0.15) is 0 Å². The van der Waals surface area contributed by atoms with Crippen LogP contribution in [0.15, 0.2) is 103 Å². The van der Waals surface area contributed by atoms with Crippen molar-refractivity contribution in [3.05, 3.63) is 125 Å². The molecule has 0 aromatic heterocycles. The van der Waals surface area contributed by atoms with Crippen LogP contribution < -0.4 is 10.6 Å². The number of carbonyl (C=O) groups excluding carboxylic acids is 4. The molecule has 0 unspecified atom stereocenters. The van der Waals surface area contributed by atoms with Crippen LogP contribution in [-0.4, -0.2) is 59.8 Å². The Hall–Kier alpha value is -5.64. The standard InChI is InChI=1S/C41H43N3O7/c1-41(2,3)51-40(48)43-35(37(45)44-23-11-18-36(44)38(46)49-25-28-12-5-4-6-13-28)24-27-19-21-29(22-20-27)42-39(47)50-26-34-32-16-9-7-14-30(32)31-15-8-10-17-33(31)34/h4-10,12-17,19-22,34-36H,11,18,23-26H2,1-3H3,(H,42,47)(H,43,48)/t35-,36+/m0/s1. The number of nitrogens with one attached hydrogen (secondary N) is 2. The van der Waals surface area contributed by atoms with Crippen molar-refractivity contribution in [1.29, 1.82) is 0 Å². The van der Waals surface area contributed by atoms with Gasteiger partial charge in [0.25, 0.3) is 0 Å². The van der Waals surface area contributed by atoms with Gasteiger partial charge >= 0.3 is 18.2 Å². The molecule has 1 heterocycles.